The molecule has 0 radical (unpaired) electrons. The average molecular weight is 308 g/mol. The Morgan fingerprint density at radius 1 is 1.38 bits per heavy atom. The van der Waals surface area contributed by atoms with Crippen molar-refractivity contribution in [2.45, 2.75) is 6.92 Å². The minimum absolute atomic E-state index is 0.160. The van der Waals surface area contributed by atoms with Gasteiger partial charge in [-0.1, -0.05) is 23.7 Å². The van der Waals surface area contributed by atoms with Crippen LogP contribution in [0.1, 0.15) is 26.5 Å². The second kappa shape index (κ2) is 6.51. The summed E-state index contributed by atoms with van der Waals surface area (Å²) >= 11 is 5.91. The molecule has 0 unspecified atom stereocenters. The molecule has 0 atom stereocenters. The zero-order valence-electron chi connectivity index (χ0n) is 11.6. The summed E-state index contributed by atoms with van der Waals surface area (Å²) in [7, 11) is 1.64. The quantitative estimate of drug-likeness (QED) is 0.675. The number of halogens is 1. The first kappa shape index (κ1) is 15.2. The summed E-state index contributed by atoms with van der Waals surface area (Å²) in [5, 5.41) is 4.40. The molecule has 1 heterocycles. The van der Waals surface area contributed by atoms with E-state index in [2.05, 4.69) is 10.6 Å². The molecule has 7 heteroatoms. The zero-order valence-corrected chi connectivity index (χ0v) is 12.3. The van der Waals surface area contributed by atoms with Gasteiger partial charge in [0.25, 0.3) is 0 Å². The molecular weight excluding hydrogens is 294 g/mol. The number of aromatic nitrogens is 2. The monoisotopic (exact) mass is 307 g/mol. The lowest BCUT2D eigenvalue weighted by molar-refractivity contribution is 0.0247. The Kier molecular flexibility index (Phi) is 4.72. The number of Topliss-reactive ketones (excluding diaryl/α,β-unsaturated/α-hetero) is 1. The van der Waals surface area contributed by atoms with Gasteiger partial charge in [0.2, 0.25) is 0 Å². The Bertz CT molecular complexity index is 682. The van der Waals surface area contributed by atoms with E-state index in [-0.39, 0.29) is 12.3 Å². The highest BCUT2D eigenvalue weighted by Crippen LogP contribution is 2.15. The summed E-state index contributed by atoms with van der Waals surface area (Å²) < 4.78 is 1.41. The second-order valence-electron chi connectivity index (χ2n) is 4.41. The van der Waals surface area contributed by atoms with Gasteiger partial charge in [-0.15, -0.1) is 5.48 Å². The number of benzene rings is 1. The third-order valence-corrected chi connectivity index (χ3v) is 3.11. The summed E-state index contributed by atoms with van der Waals surface area (Å²) in [4.78, 5) is 28.5. The van der Waals surface area contributed by atoms with Gasteiger partial charge in [-0.05, 0) is 25.1 Å². The lowest BCUT2D eigenvalue weighted by atomic mass is 10.1. The van der Waals surface area contributed by atoms with Crippen LogP contribution in [0.2, 0.25) is 5.02 Å². The number of hydroxylamine groups is 1. The maximum atomic E-state index is 11.9. The van der Waals surface area contributed by atoms with Gasteiger partial charge in [0.15, 0.2) is 5.78 Å². The Hall–Kier alpha value is -2.18. The molecule has 21 heavy (non-hydrogen) atoms. The van der Waals surface area contributed by atoms with Gasteiger partial charge in [0, 0.05) is 12.6 Å². The van der Waals surface area contributed by atoms with Crippen LogP contribution in [0.5, 0.6) is 0 Å². The number of nitrogens with one attached hydrogen (secondary N) is 1. The van der Waals surface area contributed by atoms with Crippen molar-refractivity contribution < 1.29 is 14.4 Å². The third kappa shape index (κ3) is 3.68. The van der Waals surface area contributed by atoms with Crippen molar-refractivity contribution in [3.8, 4) is 0 Å². The Morgan fingerprint density at radius 2 is 2.10 bits per heavy atom. The molecule has 110 valence electrons. The number of carbonyl (C=O) groups is 2. The van der Waals surface area contributed by atoms with Gasteiger partial charge in [0.05, 0.1) is 17.3 Å². The lowest BCUT2D eigenvalue weighted by Crippen LogP contribution is -2.27. The van der Waals surface area contributed by atoms with Crippen LogP contribution < -0.4 is 5.48 Å². The Morgan fingerprint density at radius 3 is 2.71 bits per heavy atom. The van der Waals surface area contributed by atoms with Crippen LogP contribution in [-0.2, 0) is 11.9 Å². The number of hydrogen-bond donors (Lipinski definition) is 1. The summed E-state index contributed by atoms with van der Waals surface area (Å²) in [5.41, 5.74) is 3.72. The van der Waals surface area contributed by atoms with Crippen LogP contribution in [0.4, 0.5) is 0 Å². The van der Waals surface area contributed by atoms with E-state index in [1.807, 2.05) is 0 Å². The van der Waals surface area contributed by atoms with E-state index in [0.29, 0.717) is 22.0 Å². The first-order valence-corrected chi connectivity index (χ1v) is 6.59. The maximum absolute atomic E-state index is 11.9. The first-order valence-electron chi connectivity index (χ1n) is 6.21. The SMILES string of the molecule is Cc1cc(C(=O)ONCC(=O)c2ccccc2Cl)n(C)n1. The summed E-state index contributed by atoms with van der Waals surface area (Å²) in [6, 6.07) is 8.28. The standard InChI is InChI=1S/C14H14ClN3O3/c1-9-7-12(18(2)17-9)14(20)21-16-8-13(19)10-5-3-4-6-11(10)15/h3-7,16H,8H2,1-2H3. The maximum Gasteiger partial charge on any atom is 0.375 e. The zero-order chi connectivity index (χ0) is 15.4. The van der Waals surface area contributed by atoms with E-state index >= 15 is 0 Å². The molecule has 0 saturated heterocycles. The molecule has 6 nitrogen and oxygen atoms in total. The van der Waals surface area contributed by atoms with E-state index in [0.717, 1.165) is 0 Å². The molecule has 0 fully saturated rings. The topological polar surface area (TPSA) is 73.2 Å². The lowest BCUT2D eigenvalue weighted by Gasteiger charge is -2.06. The van der Waals surface area contributed by atoms with Gasteiger partial charge < -0.3 is 4.84 Å². The van der Waals surface area contributed by atoms with Gasteiger partial charge >= 0.3 is 5.97 Å². The van der Waals surface area contributed by atoms with E-state index in [4.69, 9.17) is 16.4 Å². The third-order valence-electron chi connectivity index (χ3n) is 2.78. The molecule has 2 rings (SSSR count). The van der Waals surface area contributed by atoms with Crippen LogP contribution in [0.25, 0.3) is 0 Å². The normalized spacial score (nSPS) is 10.4. The number of carbonyl (C=O) groups excluding carboxylic acids is 2. The molecule has 1 N–H and O–H groups in total. The van der Waals surface area contributed by atoms with Crippen LogP contribution >= 0.6 is 11.6 Å². The second-order valence-corrected chi connectivity index (χ2v) is 4.82. The fourth-order valence-electron chi connectivity index (χ4n) is 1.80. The predicted molar refractivity (Wildman–Crippen MR) is 77.1 cm³/mol. The molecule has 0 saturated carbocycles. The van der Waals surface area contributed by atoms with Crippen molar-refractivity contribution in [3.05, 3.63) is 52.3 Å². The number of rotatable bonds is 5. The van der Waals surface area contributed by atoms with Gasteiger partial charge in [0.1, 0.15) is 5.69 Å². The van der Waals surface area contributed by atoms with E-state index in [1.165, 1.54) is 4.68 Å². The molecule has 0 aliphatic rings. The molecule has 0 aliphatic heterocycles. The number of aryl methyl sites for hydroxylation is 2. The van der Waals surface area contributed by atoms with Crippen molar-refractivity contribution in [3.63, 3.8) is 0 Å². The largest absolute Gasteiger partial charge is 0.375 e. The van der Waals surface area contributed by atoms with E-state index < -0.39 is 5.97 Å². The van der Waals surface area contributed by atoms with Crippen LogP contribution in [0.15, 0.2) is 30.3 Å². The molecule has 1 aromatic heterocycles. The molecular formula is C14H14ClN3O3. The number of nitrogens with zero attached hydrogens (tertiary/aromatic N) is 2. The minimum atomic E-state index is -0.606. The fourth-order valence-corrected chi connectivity index (χ4v) is 2.04. The van der Waals surface area contributed by atoms with Crippen molar-refractivity contribution >= 4 is 23.4 Å². The van der Waals surface area contributed by atoms with Crippen molar-refractivity contribution in [2.75, 3.05) is 6.54 Å². The van der Waals surface area contributed by atoms with Crippen LogP contribution in [-0.4, -0.2) is 28.1 Å². The molecule has 0 amide bonds. The minimum Gasteiger partial charge on any atom is -0.365 e. The van der Waals surface area contributed by atoms with Crippen LogP contribution in [0.3, 0.4) is 0 Å². The molecule has 2 aromatic rings. The van der Waals surface area contributed by atoms with Crippen molar-refractivity contribution in [1.29, 1.82) is 0 Å². The summed E-state index contributed by atoms with van der Waals surface area (Å²) in [6.45, 7) is 1.61. The van der Waals surface area contributed by atoms with E-state index in [9.17, 15) is 9.59 Å². The molecule has 0 aliphatic carbocycles. The molecule has 1 aromatic carbocycles. The van der Waals surface area contributed by atoms with Gasteiger partial charge in [-0.25, -0.2) is 4.79 Å². The smallest absolute Gasteiger partial charge is 0.365 e. The summed E-state index contributed by atoms with van der Waals surface area (Å²) in [6.07, 6.45) is 0. The van der Waals surface area contributed by atoms with Crippen molar-refractivity contribution in [2.24, 2.45) is 7.05 Å². The highest BCUT2D eigenvalue weighted by Gasteiger charge is 2.15. The van der Waals surface area contributed by atoms with Gasteiger partial charge in [-0.3, -0.25) is 9.48 Å². The first-order chi connectivity index (χ1) is 9.99. The fraction of sp³-hybridized carbons (Fsp3) is 0.214. The molecule has 0 spiro atoms. The average Bonchev–Trinajstić information content (AvgIpc) is 2.78. The highest BCUT2D eigenvalue weighted by atomic mass is 35.5. The van der Waals surface area contributed by atoms with Crippen LogP contribution in [0, 0.1) is 6.92 Å². The number of ketones is 1. The summed E-state index contributed by atoms with van der Waals surface area (Å²) in [5.74, 6) is -0.875. The van der Waals surface area contributed by atoms with Gasteiger partial charge in [-0.2, -0.15) is 5.10 Å². The highest BCUT2D eigenvalue weighted by molar-refractivity contribution is 6.34. The Labute approximate surface area is 126 Å². The predicted octanol–water partition coefficient (Wildman–Crippen LogP) is 1.93. The van der Waals surface area contributed by atoms with Crippen molar-refractivity contribution in [1.82, 2.24) is 15.3 Å². The van der Waals surface area contributed by atoms with E-state index in [1.54, 1.807) is 44.3 Å². The molecule has 0 bridgehead atoms. The number of hydrogen-bond acceptors (Lipinski definition) is 5. The Balaban J connectivity index is 1.90.